The van der Waals surface area contributed by atoms with Gasteiger partial charge in [0.15, 0.2) is 0 Å². The maximum Gasteiger partial charge on any atom is 0.317 e. The van der Waals surface area contributed by atoms with E-state index in [-0.39, 0.29) is 18.9 Å². The minimum Gasteiger partial charge on any atom is -0.497 e. The summed E-state index contributed by atoms with van der Waals surface area (Å²) in [6.07, 6.45) is 5.09. The number of ether oxygens (including phenoxy) is 6. The van der Waals surface area contributed by atoms with Crippen LogP contribution in [0.5, 0.6) is 23.0 Å². The molecule has 9 rings (SSSR count). The van der Waals surface area contributed by atoms with Gasteiger partial charge in [-0.1, -0.05) is 91.1 Å². The first-order valence-corrected chi connectivity index (χ1v) is 25.3. The molecule has 6 atom stereocenters. The van der Waals surface area contributed by atoms with E-state index in [1.54, 1.807) is 67.0 Å². The largest absolute Gasteiger partial charge is 0.497 e. The Labute approximate surface area is 451 Å². The van der Waals surface area contributed by atoms with Crippen LogP contribution < -0.4 is 40.7 Å². The first-order valence-electron chi connectivity index (χ1n) is 25.3. The molecular weight excluding hydrogens is 1000 g/mol. The SMILES string of the molecule is CNC(=O)[C@@]1(Cc2ccc(OCc3ccccc3)cc2)C[C@@H]1C(=O)NO.COC(=O)[C@]1(c2cccc(OCC#Cc3cccc(OC)c3)c2)C[C@H]1C(=O)NO.COC(=O)[C@]1(c2cccc(OCC3CCC3)c2)C[C@H]1C(=O)NO. The van der Waals surface area contributed by atoms with Gasteiger partial charge in [-0.2, -0.15) is 0 Å². The third-order valence-electron chi connectivity index (χ3n) is 14.8. The van der Waals surface area contributed by atoms with Crippen LogP contribution in [0.4, 0.5) is 0 Å². The van der Waals surface area contributed by atoms with Crippen molar-refractivity contribution >= 4 is 35.6 Å². The molecule has 4 aliphatic carbocycles. The quantitative estimate of drug-likeness (QED) is 0.0219. The van der Waals surface area contributed by atoms with Crippen LogP contribution in [0.3, 0.4) is 0 Å². The van der Waals surface area contributed by atoms with Crippen molar-refractivity contribution in [3.8, 4) is 34.8 Å². The highest BCUT2D eigenvalue weighted by Crippen LogP contribution is 2.57. The highest BCUT2D eigenvalue weighted by molar-refractivity contribution is 5.99. The second-order valence-electron chi connectivity index (χ2n) is 19.4. The van der Waals surface area contributed by atoms with Crippen LogP contribution in [0.15, 0.2) is 127 Å². The van der Waals surface area contributed by atoms with Gasteiger partial charge in [0.2, 0.25) is 23.6 Å². The molecule has 0 heterocycles. The summed E-state index contributed by atoms with van der Waals surface area (Å²) in [5.41, 5.74) is 6.04. The van der Waals surface area contributed by atoms with Crippen molar-refractivity contribution in [2.45, 2.75) is 62.4 Å². The van der Waals surface area contributed by atoms with Gasteiger partial charge >= 0.3 is 11.9 Å². The molecule has 7 N–H and O–H groups in total. The lowest BCUT2D eigenvalue weighted by Gasteiger charge is -2.25. The van der Waals surface area contributed by atoms with Crippen LogP contribution in [-0.2, 0) is 62.1 Å². The minimum absolute atomic E-state index is 0.145. The summed E-state index contributed by atoms with van der Waals surface area (Å²) in [5.74, 6) is 4.49. The molecule has 19 nitrogen and oxygen atoms in total. The topological polar surface area (TPSA) is 267 Å². The molecule has 19 heteroatoms. The van der Waals surface area contributed by atoms with Crippen molar-refractivity contribution in [1.29, 1.82) is 0 Å². The second kappa shape index (κ2) is 26.1. The lowest BCUT2D eigenvalue weighted by Crippen LogP contribution is -2.35. The summed E-state index contributed by atoms with van der Waals surface area (Å²) in [6.45, 7) is 1.31. The van der Waals surface area contributed by atoms with E-state index in [2.05, 4.69) is 17.2 Å². The Morgan fingerprint density at radius 2 is 1.13 bits per heavy atom. The molecule has 0 unspecified atom stereocenters. The molecule has 0 bridgehead atoms. The van der Waals surface area contributed by atoms with E-state index in [9.17, 15) is 28.8 Å². The monoisotopic (exact) mass is 1070 g/mol. The maximum absolute atomic E-state index is 12.4. The van der Waals surface area contributed by atoms with Gasteiger partial charge in [-0.25, -0.2) is 16.4 Å². The van der Waals surface area contributed by atoms with E-state index >= 15 is 0 Å². The van der Waals surface area contributed by atoms with Crippen LogP contribution in [0, 0.1) is 40.9 Å². The third-order valence-corrected chi connectivity index (χ3v) is 14.8. The van der Waals surface area contributed by atoms with Crippen LogP contribution in [0.25, 0.3) is 0 Å². The molecule has 78 heavy (non-hydrogen) atoms. The van der Waals surface area contributed by atoms with Gasteiger partial charge in [0.25, 0.3) is 0 Å². The average molecular weight is 1070 g/mol. The Morgan fingerprint density at radius 3 is 1.65 bits per heavy atom. The first-order chi connectivity index (χ1) is 37.7. The predicted octanol–water partition coefficient (Wildman–Crippen LogP) is 5.93. The third kappa shape index (κ3) is 13.2. The fourth-order valence-corrected chi connectivity index (χ4v) is 9.87. The normalized spacial score (nSPS) is 21.9. The van der Waals surface area contributed by atoms with Gasteiger partial charge in [0, 0.05) is 12.6 Å². The molecule has 4 fully saturated rings. The highest BCUT2D eigenvalue weighted by atomic mass is 16.5. The van der Waals surface area contributed by atoms with E-state index in [1.807, 2.05) is 91.0 Å². The van der Waals surface area contributed by atoms with Crippen LogP contribution >= 0.6 is 0 Å². The Morgan fingerprint density at radius 1 is 0.577 bits per heavy atom. The first kappa shape index (κ1) is 57.3. The van der Waals surface area contributed by atoms with Crippen molar-refractivity contribution in [2.75, 3.05) is 41.6 Å². The number of hydroxylamine groups is 3. The summed E-state index contributed by atoms with van der Waals surface area (Å²) in [6, 6.07) is 38.9. The highest BCUT2D eigenvalue weighted by Gasteiger charge is 2.67. The van der Waals surface area contributed by atoms with E-state index in [0.29, 0.717) is 61.0 Å². The Hall–Kier alpha value is -8.44. The Bertz CT molecular complexity index is 3000. The van der Waals surface area contributed by atoms with Gasteiger partial charge in [-0.15, -0.1) is 0 Å². The van der Waals surface area contributed by atoms with Crippen LogP contribution in [-0.4, -0.2) is 92.8 Å². The van der Waals surface area contributed by atoms with Gasteiger partial charge < -0.3 is 33.7 Å². The maximum atomic E-state index is 12.4. The van der Waals surface area contributed by atoms with E-state index in [4.69, 9.17) is 44.0 Å². The summed E-state index contributed by atoms with van der Waals surface area (Å²) < 4.78 is 32.2. The molecule has 5 aromatic carbocycles. The number of esters is 2. The lowest BCUT2D eigenvalue weighted by molar-refractivity contribution is -0.146. The molecule has 4 amide bonds. The smallest absolute Gasteiger partial charge is 0.317 e. The number of carbonyl (C=O) groups is 6. The fourth-order valence-electron chi connectivity index (χ4n) is 9.87. The lowest BCUT2D eigenvalue weighted by atomic mass is 9.86. The van der Waals surface area contributed by atoms with Gasteiger partial charge in [0.1, 0.15) is 47.0 Å². The zero-order valence-electron chi connectivity index (χ0n) is 43.7. The summed E-state index contributed by atoms with van der Waals surface area (Å²) in [4.78, 5) is 72.1. The molecule has 4 aliphatic rings. The van der Waals surface area contributed by atoms with Crippen LogP contribution in [0.1, 0.15) is 66.3 Å². The van der Waals surface area contributed by atoms with Crippen molar-refractivity contribution in [1.82, 2.24) is 21.8 Å². The predicted molar refractivity (Wildman–Crippen MR) is 280 cm³/mol. The number of carbonyl (C=O) groups excluding carboxylic acids is 6. The Kier molecular flexibility index (Phi) is 19.1. The molecule has 0 radical (unpaired) electrons. The number of amides is 4. The van der Waals surface area contributed by atoms with Crippen molar-refractivity contribution in [2.24, 2.45) is 29.1 Å². The Balaban J connectivity index is 0.000000171. The number of hydrogen-bond acceptors (Lipinski definition) is 15. The minimum atomic E-state index is -1.12. The molecule has 4 saturated carbocycles. The standard InChI is InChI=1S/C22H21NO6.C20H22N2O4.C17H21NO5/c1-27-17-9-3-6-15(12-17)7-5-11-29-18-10-4-8-16(13-18)22(21(25)28-2)14-19(22)20(24)23-26;1-21-19(24)20(12-17(20)18(23)22-25)11-14-7-9-16(10-8-14)26-13-15-5-3-2-4-6-15;1-22-16(20)17(9-14(17)15(19)18-21)12-6-3-7-13(8-12)23-10-11-4-2-5-11/h3-4,6,8-10,12-13,19,26H,11,14H2,1-2H3,(H,23,24);2-10,17,25H,11-13H2,1H3,(H,21,24)(H,22,23);3,6-8,11,14,21H,2,4-5,9-10H2,1H3,(H,18,19)/t19-,22-;17-,20+;14-,17-/m010/s1. The number of methoxy groups -OCH3 is 3. The molecule has 410 valence electrons. The van der Waals surface area contributed by atoms with Crippen molar-refractivity contribution < 1.29 is 72.8 Å². The van der Waals surface area contributed by atoms with Gasteiger partial charge in [-0.05, 0) is 121 Å². The second-order valence-corrected chi connectivity index (χ2v) is 19.4. The number of benzene rings is 5. The number of rotatable bonds is 19. The zero-order chi connectivity index (χ0) is 55.9. The molecule has 0 aliphatic heterocycles. The van der Waals surface area contributed by atoms with E-state index in [0.717, 1.165) is 28.2 Å². The molecule has 0 saturated heterocycles. The molecular formula is C59H64N4O15. The number of nitrogens with one attached hydrogen (secondary N) is 4. The van der Waals surface area contributed by atoms with Crippen molar-refractivity contribution in [3.05, 3.63) is 155 Å². The molecule has 0 spiro atoms. The van der Waals surface area contributed by atoms with E-state index < -0.39 is 63.7 Å². The van der Waals surface area contributed by atoms with Crippen LogP contribution in [0.2, 0.25) is 0 Å². The zero-order valence-corrected chi connectivity index (χ0v) is 43.7. The fraction of sp³-hybridized carbons (Fsp3) is 0.356. The molecule has 5 aromatic rings. The van der Waals surface area contributed by atoms with Gasteiger partial charge in [-0.3, -0.25) is 44.4 Å². The number of hydrogen-bond donors (Lipinski definition) is 7. The van der Waals surface area contributed by atoms with E-state index in [1.165, 1.54) is 33.5 Å². The van der Waals surface area contributed by atoms with Gasteiger partial charge in [0.05, 0.1) is 51.1 Å². The summed E-state index contributed by atoms with van der Waals surface area (Å²) >= 11 is 0. The van der Waals surface area contributed by atoms with Crippen molar-refractivity contribution in [3.63, 3.8) is 0 Å². The summed E-state index contributed by atoms with van der Waals surface area (Å²) in [5, 5.41) is 29.2. The molecule has 0 aromatic heterocycles. The average Bonchev–Trinajstić information content (AvgIpc) is 4.59. The summed E-state index contributed by atoms with van der Waals surface area (Å²) in [7, 11) is 5.72.